The van der Waals surface area contributed by atoms with E-state index in [4.69, 9.17) is 11.6 Å². The van der Waals surface area contributed by atoms with Gasteiger partial charge in [0.05, 0.1) is 0 Å². The van der Waals surface area contributed by atoms with Crippen molar-refractivity contribution in [3.05, 3.63) is 34.4 Å². The van der Waals surface area contributed by atoms with Crippen LogP contribution in [0.15, 0.2) is 23.6 Å². The molecule has 0 aliphatic rings. The minimum absolute atomic E-state index is 0.266. The summed E-state index contributed by atoms with van der Waals surface area (Å²) < 4.78 is 3.59. The molecule has 2 heterocycles. The Balaban J connectivity index is 2.13. The van der Waals surface area contributed by atoms with Crippen LogP contribution in [0.1, 0.15) is 10.5 Å². The van der Waals surface area contributed by atoms with Gasteiger partial charge in [0.25, 0.3) is 5.91 Å². The van der Waals surface area contributed by atoms with Crippen LogP contribution >= 0.6 is 23.1 Å². The maximum atomic E-state index is 11.5. The zero-order valence-electron chi connectivity index (χ0n) is 7.35. The van der Waals surface area contributed by atoms with Crippen molar-refractivity contribution in [2.45, 2.75) is 0 Å². The second-order valence-corrected chi connectivity index (χ2v) is 3.59. The first-order valence-electron chi connectivity index (χ1n) is 3.96. The van der Waals surface area contributed by atoms with Crippen molar-refractivity contribution in [3.63, 3.8) is 0 Å². The molecule has 0 aliphatic carbocycles. The highest BCUT2D eigenvalue weighted by molar-refractivity contribution is 7.03. The number of pyridine rings is 1. The van der Waals surface area contributed by atoms with Gasteiger partial charge in [-0.05, 0) is 23.7 Å². The van der Waals surface area contributed by atoms with Gasteiger partial charge in [0, 0.05) is 5.38 Å². The van der Waals surface area contributed by atoms with Gasteiger partial charge in [0.15, 0.2) is 5.69 Å². The summed E-state index contributed by atoms with van der Waals surface area (Å²) in [6, 6.07) is 4.97. The molecule has 15 heavy (non-hydrogen) atoms. The molecule has 0 saturated heterocycles. The van der Waals surface area contributed by atoms with Gasteiger partial charge in [-0.2, -0.15) is 0 Å². The smallest absolute Gasteiger partial charge is 0.278 e. The maximum absolute atomic E-state index is 11.5. The third-order valence-corrected chi connectivity index (χ3v) is 2.26. The van der Waals surface area contributed by atoms with E-state index in [1.165, 1.54) is 0 Å². The van der Waals surface area contributed by atoms with Gasteiger partial charge in [-0.1, -0.05) is 22.2 Å². The minimum atomic E-state index is -0.349. The highest BCUT2D eigenvalue weighted by Crippen LogP contribution is 2.10. The molecule has 5 nitrogen and oxygen atoms in total. The van der Waals surface area contributed by atoms with Gasteiger partial charge in [-0.25, -0.2) is 4.98 Å². The molecular weight excluding hydrogens is 236 g/mol. The molecule has 1 amide bonds. The Bertz CT molecular complexity index is 473. The van der Waals surface area contributed by atoms with E-state index in [2.05, 4.69) is 19.9 Å². The molecule has 0 radical (unpaired) electrons. The first-order valence-corrected chi connectivity index (χ1v) is 5.18. The average Bonchev–Trinajstić information content (AvgIpc) is 2.70. The second-order valence-electron chi connectivity index (χ2n) is 2.59. The van der Waals surface area contributed by atoms with Gasteiger partial charge in [0.2, 0.25) is 0 Å². The van der Waals surface area contributed by atoms with Crippen LogP contribution < -0.4 is 5.32 Å². The average molecular weight is 241 g/mol. The van der Waals surface area contributed by atoms with Crippen molar-refractivity contribution in [2.75, 3.05) is 5.32 Å². The summed E-state index contributed by atoms with van der Waals surface area (Å²) in [5.74, 6) is 0.0408. The lowest BCUT2D eigenvalue weighted by atomic mass is 10.4. The Kier molecular flexibility index (Phi) is 2.89. The summed E-state index contributed by atoms with van der Waals surface area (Å²) in [5, 5.41) is 8.06. The number of nitrogens with one attached hydrogen (secondary N) is 1. The number of aromatic nitrogens is 3. The van der Waals surface area contributed by atoms with Crippen molar-refractivity contribution in [1.29, 1.82) is 0 Å². The largest absolute Gasteiger partial charge is 0.305 e. The number of halogens is 1. The monoisotopic (exact) mass is 240 g/mol. The number of carbonyl (C=O) groups is 1. The molecule has 0 atom stereocenters. The van der Waals surface area contributed by atoms with Crippen LogP contribution in [-0.4, -0.2) is 20.5 Å². The Morgan fingerprint density at radius 2 is 2.33 bits per heavy atom. The first-order chi connectivity index (χ1) is 7.25. The summed E-state index contributed by atoms with van der Waals surface area (Å²) >= 11 is 6.78. The van der Waals surface area contributed by atoms with E-state index in [0.29, 0.717) is 11.0 Å². The summed E-state index contributed by atoms with van der Waals surface area (Å²) in [6.07, 6.45) is 0. The Hall–Kier alpha value is -1.53. The van der Waals surface area contributed by atoms with Gasteiger partial charge in [-0.15, -0.1) is 5.10 Å². The van der Waals surface area contributed by atoms with Crippen LogP contribution in [0.25, 0.3) is 0 Å². The predicted octanol–water partition coefficient (Wildman–Crippen LogP) is 1.84. The quantitative estimate of drug-likeness (QED) is 0.814. The van der Waals surface area contributed by atoms with Crippen LogP contribution in [0, 0.1) is 0 Å². The van der Waals surface area contributed by atoms with Gasteiger partial charge in [0.1, 0.15) is 11.0 Å². The molecule has 0 aromatic carbocycles. The molecule has 0 fully saturated rings. The lowest BCUT2D eigenvalue weighted by molar-refractivity contribution is 0.102. The van der Waals surface area contributed by atoms with Crippen LogP contribution in [0.2, 0.25) is 5.15 Å². The predicted molar refractivity (Wildman–Crippen MR) is 57.1 cm³/mol. The van der Waals surface area contributed by atoms with E-state index in [1.807, 2.05) is 0 Å². The molecule has 0 spiro atoms. The van der Waals surface area contributed by atoms with E-state index in [0.717, 1.165) is 11.5 Å². The third kappa shape index (κ3) is 2.48. The number of rotatable bonds is 2. The molecule has 2 rings (SSSR count). The highest BCUT2D eigenvalue weighted by atomic mass is 35.5. The zero-order valence-corrected chi connectivity index (χ0v) is 8.92. The van der Waals surface area contributed by atoms with Crippen molar-refractivity contribution in [2.24, 2.45) is 0 Å². The van der Waals surface area contributed by atoms with Crippen molar-refractivity contribution in [1.82, 2.24) is 14.6 Å². The molecule has 0 bridgehead atoms. The summed E-state index contributed by atoms with van der Waals surface area (Å²) in [4.78, 5) is 15.4. The van der Waals surface area contributed by atoms with Gasteiger partial charge >= 0.3 is 0 Å². The Morgan fingerprint density at radius 3 is 3.00 bits per heavy atom. The van der Waals surface area contributed by atoms with Crippen LogP contribution in [0.3, 0.4) is 0 Å². The Morgan fingerprint density at radius 1 is 1.47 bits per heavy atom. The summed E-state index contributed by atoms with van der Waals surface area (Å²) in [6.45, 7) is 0. The summed E-state index contributed by atoms with van der Waals surface area (Å²) in [5.41, 5.74) is 0.266. The van der Waals surface area contributed by atoms with Crippen molar-refractivity contribution < 1.29 is 4.79 Å². The molecule has 7 heteroatoms. The minimum Gasteiger partial charge on any atom is -0.305 e. The molecule has 0 unspecified atom stereocenters. The lowest BCUT2D eigenvalue weighted by Gasteiger charge is -2.01. The molecule has 2 aromatic rings. The van der Waals surface area contributed by atoms with Gasteiger partial charge in [-0.3, -0.25) is 4.79 Å². The van der Waals surface area contributed by atoms with Gasteiger partial charge < -0.3 is 5.32 Å². The molecule has 0 aliphatic heterocycles. The standard InChI is InChI=1S/C8H5ClN4OS/c9-6-2-1-3-7(10-6)11-8(14)5-4-15-13-12-5/h1-4H,(H,10,11,14). The number of amides is 1. The number of hydrogen-bond donors (Lipinski definition) is 1. The zero-order chi connectivity index (χ0) is 10.7. The molecule has 2 aromatic heterocycles. The SMILES string of the molecule is O=C(Nc1cccc(Cl)n1)c1csnn1. The second kappa shape index (κ2) is 4.33. The van der Waals surface area contributed by atoms with Crippen LogP contribution in [0.5, 0.6) is 0 Å². The number of carbonyl (C=O) groups excluding carboxylic acids is 1. The van der Waals surface area contributed by atoms with E-state index < -0.39 is 0 Å². The lowest BCUT2D eigenvalue weighted by Crippen LogP contribution is -2.13. The van der Waals surface area contributed by atoms with E-state index in [9.17, 15) is 4.79 Å². The van der Waals surface area contributed by atoms with Crippen LogP contribution in [-0.2, 0) is 0 Å². The summed E-state index contributed by atoms with van der Waals surface area (Å²) in [7, 11) is 0. The molecule has 1 N–H and O–H groups in total. The van der Waals surface area contributed by atoms with Crippen LogP contribution in [0.4, 0.5) is 5.82 Å². The Labute approximate surface area is 94.3 Å². The fourth-order valence-corrected chi connectivity index (χ4v) is 1.52. The molecular formula is C8H5ClN4OS. The van der Waals surface area contributed by atoms with E-state index in [-0.39, 0.29) is 11.6 Å². The third-order valence-electron chi connectivity index (χ3n) is 1.55. The highest BCUT2D eigenvalue weighted by Gasteiger charge is 2.09. The van der Waals surface area contributed by atoms with E-state index in [1.54, 1.807) is 23.6 Å². The fraction of sp³-hybridized carbons (Fsp3) is 0. The number of hydrogen-bond acceptors (Lipinski definition) is 5. The fourth-order valence-electron chi connectivity index (χ4n) is 0.922. The molecule has 76 valence electrons. The van der Waals surface area contributed by atoms with Crippen molar-refractivity contribution >= 4 is 34.9 Å². The first kappa shape index (κ1) is 10.0. The topological polar surface area (TPSA) is 67.8 Å². The van der Waals surface area contributed by atoms with E-state index >= 15 is 0 Å². The normalized spacial score (nSPS) is 9.93. The number of anilines is 1. The van der Waals surface area contributed by atoms with Crippen molar-refractivity contribution in [3.8, 4) is 0 Å². The molecule has 0 saturated carbocycles. The maximum Gasteiger partial charge on any atom is 0.278 e. The number of nitrogens with zero attached hydrogens (tertiary/aromatic N) is 3.